The van der Waals surface area contributed by atoms with Crippen LogP contribution in [0.3, 0.4) is 0 Å². The van der Waals surface area contributed by atoms with Crippen molar-refractivity contribution < 1.29 is 9.59 Å². The first-order valence-electron chi connectivity index (χ1n) is 10.0. The molecule has 160 valence electrons. The van der Waals surface area contributed by atoms with E-state index in [1.807, 2.05) is 66.4 Å². The number of amides is 2. The van der Waals surface area contributed by atoms with E-state index in [1.165, 1.54) is 0 Å². The Bertz CT molecular complexity index is 1250. The maximum absolute atomic E-state index is 12.8. The number of imidazole rings is 1. The summed E-state index contributed by atoms with van der Waals surface area (Å²) in [5, 5.41) is 6.68. The van der Waals surface area contributed by atoms with Gasteiger partial charge in [0.25, 0.3) is 11.8 Å². The molecule has 0 radical (unpaired) electrons. The fraction of sp³-hybridized carbons (Fsp3) is 0.0800. The van der Waals surface area contributed by atoms with Crippen LogP contribution >= 0.6 is 11.8 Å². The highest BCUT2D eigenvalue weighted by Gasteiger charge is 2.14. The molecule has 0 saturated carbocycles. The van der Waals surface area contributed by atoms with Crippen LogP contribution in [0.5, 0.6) is 0 Å². The largest absolute Gasteiger partial charge is 0.322 e. The molecule has 0 aliphatic heterocycles. The average molecular weight is 443 g/mol. The summed E-state index contributed by atoms with van der Waals surface area (Å²) in [6.45, 7) is 1.82. The third-order valence-corrected chi connectivity index (χ3v) is 5.72. The lowest BCUT2D eigenvalue weighted by Gasteiger charge is -2.13. The molecule has 0 atom stereocenters. The van der Waals surface area contributed by atoms with Crippen molar-refractivity contribution in [2.45, 2.75) is 12.1 Å². The quantitative estimate of drug-likeness (QED) is 0.392. The van der Waals surface area contributed by atoms with Gasteiger partial charge >= 0.3 is 0 Å². The predicted octanol–water partition coefficient (Wildman–Crippen LogP) is 5.41. The van der Waals surface area contributed by atoms with Crippen molar-refractivity contribution in [2.24, 2.45) is 0 Å². The Morgan fingerprint density at radius 3 is 2.34 bits per heavy atom. The van der Waals surface area contributed by atoms with Crippen LogP contribution in [0, 0.1) is 6.92 Å². The summed E-state index contributed by atoms with van der Waals surface area (Å²) in [6.07, 6.45) is 5.60. The highest BCUT2D eigenvalue weighted by Crippen LogP contribution is 2.22. The van der Waals surface area contributed by atoms with E-state index in [1.54, 1.807) is 48.3 Å². The average Bonchev–Trinajstić information content (AvgIpc) is 3.30. The minimum absolute atomic E-state index is 0.223. The van der Waals surface area contributed by atoms with Gasteiger partial charge in [0.1, 0.15) is 0 Å². The van der Waals surface area contributed by atoms with Crippen molar-refractivity contribution in [2.75, 3.05) is 16.9 Å². The number of aromatic nitrogens is 2. The molecule has 0 aliphatic rings. The Kier molecular flexibility index (Phi) is 6.37. The lowest BCUT2D eigenvalue weighted by atomic mass is 10.1. The van der Waals surface area contributed by atoms with E-state index in [0.717, 1.165) is 10.8 Å². The van der Waals surface area contributed by atoms with Crippen molar-refractivity contribution in [3.8, 4) is 5.69 Å². The van der Waals surface area contributed by atoms with Gasteiger partial charge in [-0.25, -0.2) is 4.98 Å². The van der Waals surface area contributed by atoms with Crippen LogP contribution in [-0.4, -0.2) is 27.6 Å². The van der Waals surface area contributed by atoms with E-state index >= 15 is 0 Å². The molecule has 4 rings (SSSR count). The van der Waals surface area contributed by atoms with Crippen molar-refractivity contribution in [3.63, 3.8) is 0 Å². The van der Waals surface area contributed by atoms with E-state index in [-0.39, 0.29) is 11.8 Å². The summed E-state index contributed by atoms with van der Waals surface area (Å²) in [4.78, 5) is 29.8. The molecule has 3 aromatic carbocycles. The highest BCUT2D eigenvalue weighted by atomic mass is 32.2. The molecule has 0 spiro atoms. The molecule has 32 heavy (non-hydrogen) atoms. The van der Waals surface area contributed by atoms with Gasteiger partial charge in [-0.05, 0) is 67.3 Å². The molecule has 1 heterocycles. The molecular weight excluding hydrogens is 420 g/mol. The smallest absolute Gasteiger partial charge is 0.256 e. The summed E-state index contributed by atoms with van der Waals surface area (Å²) in [5.41, 5.74) is 3.98. The Labute approximate surface area is 190 Å². The van der Waals surface area contributed by atoms with Gasteiger partial charge in [-0.15, -0.1) is 0 Å². The molecule has 4 aromatic rings. The number of thioether (sulfide) groups is 1. The van der Waals surface area contributed by atoms with Crippen LogP contribution < -0.4 is 10.6 Å². The summed E-state index contributed by atoms with van der Waals surface area (Å²) >= 11 is 1.55. The van der Waals surface area contributed by atoms with Crippen LogP contribution in [-0.2, 0) is 0 Å². The van der Waals surface area contributed by atoms with Crippen LogP contribution in [0.25, 0.3) is 5.69 Å². The number of para-hydroxylation sites is 1. The van der Waals surface area contributed by atoms with Crippen molar-refractivity contribution in [1.82, 2.24) is 9.55 Å². The Balaban J connectivity index is 1.50. The third kappa shape index (κ3) is 4.58. The van der Waals surface area contributed by atoms with Gasteiger partial charge in [-0.1, -0.05) is 36.0 Å². The van der Waals surface area contributed by atoms with Gasteiger partial charge in [-0.2, -0.15) is 0 Å². The fourth-order valence-electron chi connectivity index (χ4n) is 3.34. The number of carbonyl (C=O) groups excluding carboxylic acids is 2. The van der Waals surface area contributed by atoms with E-state index in [0.29, 0.717) is 28.1 Å². The summed E-state index contributed by atoms with van der Waals surface area (Å²) < 4.78 is 1.96. The molecular formula is C25H22N4O2S. The van der Waals surface area contributed by atoms with Crippen molar-refractivity contribution in [1.29, 1.82) is 0 Å². The molecule has 0 unspecified atom stereocenters. The van der Waals surface area contributed by atoms with Crippen LogP contribution in [0.4, 0.5) is 11.4 Å². The van der Waals surface area contributed by atoms with Crippen LogP contribution in [0.1, 0.15) is 26.3 Å². The van der Waals surface area contributed by atoms with Gasteiger partial charge in [0.2, 0.25) is 0 Å². The standard InChI is InChI=1S/C25H22N4O2S/c1-17-21(24(31)27-19-7-4-3-5-8-19)9-6-10-22(17)28-23(30)18-11-13-20(14-12-18)29-16-15-26-25(29)32-2/h3-16H,1-2H3,(H,27,31)(H,28,30). The second kappa shape index (κ2) is 9.53. The number of benzene rings is 3. The number of nitrogens with zero attached hydrogens (tertiary/aromatic N) is 2. The Morgan fingerprint density at radius 1 is 0.875 bits per heavy atom. The second-order valence-electron chi connectivity index (χ2n) is 7.08. The zero-order chi connectivity index (χ0) is 22.5. The highest BCUT2D eigenvalue weighted by molar-refractivity contribution is 7.98. The Morgan fingerprint density at radius 2 is 1.62 bits per heavy atom. The number of rotatable bonds is 6. The molecule has 0 saturated heterocycles. The summed E-state index contributed by atoms with van der Waals surface area (Å²) in [5.74, 6) is -0.463. The Hall–Kier alpha value is -3.84. The number of hydrogen-bond acceptors (Lipinski definition) is 4. The first-order chi connectivity index (χ1) is 15.6. The van der Waals surface area contributed by atoms with Crippen molar-refractivity contribution in [3.05, 3.63) is 102 Å². The van der Waals surface area contributed by atoms with Crippen LogP contribution in [0.15, 0.2) is 90.3 Å². The van der Waals surface area contributed by atoms with E-state index in [4.69, 9.17) is 0 Å². The van der Waals surface area contributed by atoms with Crippen LogP contribution in [0.2, 0.25) is 0 Å². The second-order valence-corrected chi connectivity index (χ2v) is 7.86. The minimum Gasteiger partial charge on any atom is -0.322 e. The molecule has 0 aliphatic carbocycles. The lowest BCUT2D eigenvalue weighted by Crippen LogP contribution is -2.17. The normalized spacial score (nSPS) is 10.6. The fourth-order valence-corrected chi connectivity index (χ4v) is 3.87. The SMILES string of the molecule is CSc1nccn1-c1ccc(C(=O)Nc2cccc(C(=O)Nc3ccccc3)c2C)cc1. The predicted molar refractivity (Wildman–Crippen MR) is 129 cm³/mol. The molecule has 1 aromatic heterocycles. The molecule has 0 fully saturated rings. The van der Waals surface area contributed by atoms with E-state index < -0.39 is 0 Å². The topological polar surface area (TPSA) is 76.0 Å². The van der Waals surface area contributed by atoms with Gasteiger partial charge in [0.15, 0.2) is 5.16 Å². The molecule has 6 nitrogen and oxygen atoms in total. The zero-order valence-electron chi connectivity index (χ0n) is 17.7. The maximum Gasteiger partial charge on any atom is 0.256 e. The van der Waals surface area contributed by atoms with Gasteiger partial charge in [-0.3, -0.25) is 14.2 Å². The summed E-state index contributed by atoms with van der Waals surface area (Å²) in [7, 11) is 0. The molecule has 7 heteroatoms. The van der Waals surface area contributed by atoms with Gasteiger partial charge in [0, 0.05) is 40.6 Å². The minimum atomic E-state index is -0.240. The first-order valence-corrected chi connectivity index (χ1v) is 11.2. The zero-order valence-corrected chi connectivity index (χ0v) is 18.5. The van der Waals surface area contributed by atoms with E-state index in [9.17, 15) is 9.59 Å². The monoisotopic (exact) mass is 442 g/mol. The van der Waals surface area contributed by atoms with E-state index in [2.05, 4.69) is 15.6 Å². The molecule has 0 bridgehead atoms. The summed E-state index contributed by atoms with van der Waals surface area (Å²) in [6, 6.07) is 21.9. The van der Waals surface area contributed by atoms with Gasteiger partial charge < -0.3 is 10.6 Å². The number of nitrogens with one attached hydrogen (secondary N) is 2. The lowest BCUT2D eigenvalue weighted by molar-refractivity contribution is 0.101. The van der Waals surface area contributed by atoms with Gasteiger partial charge in [0.05, 0.1) is 0 Å². The third-order valence-electron chi connectivity index (χ3n) is 5.06. The first kappa shape index (κ1) is 21.4. The molecule has 2 N–H and O–H groups in total. The molecule has 2 amide bonds. The number of anilines is 2. The number of carbonyl (C=O) groups is 2. The maximum atomic E-state index is 12.8. The van der Waals surface area contributed by atoms with Crippen molar-refractivity contribution >= 4 is 35.0 Å². The number of hydrogen-bond donors (Lipinski definition) is 2.